The maximum atomic E-state index is 12.3. The monoisotopic (exact) mass is 267 g/mol. The van der Waals surface area contributed by atoms with E-state index in [0.717, 1.165) is 51.6 Å². The van der Waals surface area contributed by atoms with Crippen molar-refractivity contribution < 1.29 is 14.7 Å². The number of carboxylic acids is 1. The molecule has 0 aromatic rings. The summed E-state index contributed by atoms with van der Waals surface area (Å²) in [5, 5.41) is 9.05. The lowest BCUT2D eigenvalue weighted by Crippen LogP contribution is -2.42. The minimum atomic E-state index is -0.656. The molecule has 1 saturated heterocycles. The molecule has 4 heteroatoms. The number of carboxylic acid groups (broad SMARTS) is 1. The van der Waals surface area contributed by atoms with Crippen LogP contribution >= 0.6 is 0 Å². The number of nitrogens with zero attached hydrogens (tertiary/aromatic N) is 1. The van der Waals surface area contributed by atoms with Gasteiger partial charge in [0.1, 0.15) is 0 Å². The highest BCUT2D eigenvalue weighted by atomic mass is 16.4. The van der Waals surface area contributed by atoms with Gasteiger partial charge in [0.05, 0.1) is 5.92 Å². The maximum Gasteiger partial charge on any atom is 0.307 e. The summed E-state index contributed by atoms with van der Waals surface area (Å²) in [7, 11) is 0. The van der Waals surface area contributed by atoms with E-state index in [9.17, 15) is 9.59 Å². The van der Waals surface area contributed by atoms with Crippen LogP contribution in [0.3, 0.4) is 0 Å². The topological polar surface area (TPSA) is 57.6 Å². The fourth-order valence-electron chi connectivity index (χ4n) is 3.37. The lowest BCUT2D eigenvalue weighted by Gasteiger charge is -2.34. The number of aliphatic carboxylic acids is 1. The Kier molecular flexibility index (Phi) is 4.16. The van der Waals surface area contributed by atoms with Gasteiger partial charge in [0.25, 0.3) is 0 Å². The largest absolute Gasteiger partial charge is 0.481 e. The van der Waals surface area contributed by atoms with Crippen molar-refractivity contribution in [2.45, 2.75) is 52.4 Å². The van der Waals surface area contributed by atoms with Crippen LogP contribution in [0.15, 0.2) is 0 Å². The molecule has 2 aliphatic rings. The second kappa shape index (κ2) is 5.51. The molecular weight excluding hydrogens is 242 g/mol. The maximum absolute atomic E-state index is 12.3. The third-order valence-electron chi connectivity index (χ3n) is 4.97. The van der Waals surface area contributed by atoms with Crippen molar-refractivity contribution in [3.8, 4) is 0 Å². The van der Waals surface area contributed by atoms with Gasteiger partial charge in [-0.2, -0.15) is 0 Å². The van der Waals surface area contributed by atoms with Gasteiger partial charge in [0, 0.05) is 19.0 Å². The van der Waals surface area contributed by atoms with Crippen molar-refractivity contribution >= 4 is 11.9 Å². The highest BCUT2D eigenvalue weighted by molar-refractivity contribution is 5.79. The van der Waals surface area contributed by atoms with Crippen LogP contribution in [-0.2, 0) is 9.59 Å². The summed E-state index contributed by atoms with van der Waals surface area (Å²) >= 11 is 0. The van der Waals surface area contributed by atoms with Crippen LogP contribution in [0.1, 0.15) is 52.4 Å². The number of piperidine rings is 1. The first-order valence-corrected chi connectivity index (χ1v) is 7.52. The van der Waals surface area contributed by atoms with E-state index in [1.165, 1.54) is 0 Å². The molecule has 4 nitrogen and oxygen atoms in total. The Morgan fingerprint density at radius 1 is 1.37 bits per heavy atom. The molecule has 1 N–H and O–H groups in total. The van der Waals surface area contributed by atoms with Crippen LogP contribution in [0.4, 0.5) is 0 Å². The average molecular weight is 267 g/mol. The smallest absolute Gasteiger partial charge is 0.307 e. The molecule has 0 aromatic heterocycles. The third-order valence-corrected chi connectivity index (χ3v) is 4.97. The molecule has 108 valence electrons. The third kappa shape index (κ3) is 2.93. The number of likely N-dealkylation sites (tertiary alicyclic amines) is 1. The molecule has 2 fully saturated rings. The van der Waals surface area contributed by atoms with E-state index in [-0.39, 0.29) is 23.2 Å². The Balaban J connectivity index is 1.80. The normalized spacial score (nSPS) is 26.2. The first kappa shape index (κ1) is 14.4. The van der Waals surface area contributed by atoms with Crippen molar-refractivity contribution in [2.24, 2.45) is 17.3 Å². The Morgan fingerprint density at radius 3 is 2.47 bits per heavy atom. The second-order valence-electron chi connectivity index (χ2n) is 6.33. The summed E-state index contributed by atoms with van der Waals surface area (Å²) in [5.74, 6) is -0.433. The van der Waals surface area contributed by atoms with Crippen LogP contribution in [-0.4, -0.2) is 35.0 Å². The van der Waals surface area contributed by atoms with Gasteiger partial charge in [-0.15, -0.1) is 0 Å². The van der Waals surface area contributed by atoms with Crippen molar-refractivity contribution in [2.75, 3.05) is 13.1 Å². The number of rotatable bonds is 5. The van der Waals surface area contributed by atoms with E-state index in [4.69, 9.17) is 5.11 Å². The van der Waals surface area contributed by atoms with Crippen molar-refractivity contribution in [3.63, 3.8) is 0 Å². The van der Waals surface area contributed by atoms with Crippen LogP contribution < -0.4 is 0 Å². The molecule has 0 bridgehead atoms. The van der Waals surface area contributed by atoms with Gasteiger partial charge in [-0.1, -0.05) is 26.7 Å². The van der Waals surface area contributed by atoms with Crippen molar-refractivity contribution in [3.05, 3.63) is 0 Å². The van der Waals surface area contributed by atoms with E-state index >= 15 is 0 Å². The Labute approximate surface area is 115 Å². The summed E-state index contributed by atoms with van der Waals surface area (Å²) in [4.78, 5) is 25.2. The number of hydrogen-bond acceptors (Lipinski definition) is 2. The molecule has 1 aliphatic carbocycles. The molecule has 2 unspecified atom stereocenters. The van der Waals surface area contributed by atoms with Crippen molar-refractivity contribution in [1.29, 1.82) is 0 Å². The van der Waals surface area contributed by atoms with Gasteiger partial charge in [-0.05, 0) is 31.1 Å². The minimum Gasteiger partial charge on any atom is -0.481 e. The second-order valence-corrected chi connectivity index (χ2v) is 6.33. The molecule has 0 aromatic carbocycles. The molecule has 1 spiro atoms. The highest BCUT2D eigenvalue weighted by Gasteiger charge is 2.59. The first-order valence-electron chi connectivity index (χ1n) is 7.52. The first-order chi connectivity index (χ1) is 9.00. The molecule has 1 amide bonds. The van der Waals surface area contributed by atoms with E-state index in [2.05, 4.69) is 6.92 Å². The van der Waals surface area contributed by atoms with Gasteiger partial charge >= 0.3 is 5.97 Å². The summed E-state index contributed by atoms with van der Waals surface area (Å²) < 4.78 is 0. The van der Waals surface area contributed by atoms with E-state index in [0.29, 0.717) is 0 Å². The summed E-state index contributed by atoms with van der Waals surface area (Å²) in [6, 6.07) is 0. The fourth-order valence-corrected chi connectivity index (χ4v) is 3.37. The molecule has 2 rings (SSSR count). The van der Waals surface area contributed by atoms with Crippen LogP contribution in [0, 0.1) is 17.3 Å². The van der Waals surface area contributed by atoms with Gasteiger partial charge in [0.2, 0.25) is 5.91 Å². The molecule has 2 atom stereocenters. The number of carbonyl (C=O) groups excluding carboxylic acids is 1. The number of carbonyl (C=O) groups is 2. The number of unbranched alkanes of at least 4 members (excludes halogenated alkanes) is 1. The minimum absolute atomic E-state index is 0.0231. The number of hydrogen-bond donors (Lipinski definition) is 1. The predicted molar refractivity (Wildman–Crippen MR) is 72.7 cm³/mol. The van der Waals surface area contributed by atoms with E-state index in [1.54, 1.807) is 0 Å². The zero-order chi connectivity index (χ0) is 14.0. The average Bonchev–Trinajstić information content (AvgIpc) is 3.10. The fraction of sp³-hybridized carbons (Fsp3) is 0.867. The van der Waals surface area contributed by atoms with Crippen molar-refractivity contribution in [1.82, 2.24) is 4.90 Å². The quantitative estimate of drug-likeness (QED) is 0.832. The Morgan fingerprint density at radius 2 is 2.00 bits per heavy atom. The SMILES string of the molecule is CCCCC(C)C(=O)N1CCC2(CC1)CC2C(=O)O. The molecule has 0 radical (unpaired) electrons. The van der Waals surface area contributed by atoms with E-state index < -0.39 is 5.97 Å². The molecule has 1 aliphatic heterocycles. The van der Waals surface area contributed by atoms with Crippen LogP contribution in [0.5, 0.6) is 0 Å². The predicted octanol–water partition coefficient (Wildman–Crippen LogP) is 2.53. The molecule has 19 heavy (non-hydrogen) atoms. The summed E-state index contributed by atoms with van der Waals surface area (Å²) in [6.07, 6.45) is 5.75. The molecule has 1 heterocycles. The lowest BCUT2D eigenvalue weighted by molar-refractivity contribution is -0.140. The molecular formula is C15H25NO3. The van der Waals surface area contributed by atoms with Gasteiger partial charge in [-0.3, -0.25) is 9.59 Å². The summed E-state index contributed by atoms with van der Waals surface area (Å²) in [6.45, 7) is 5.65. The van der Waals surface area contributed by atoms with Crippen LogP contribution in [0.25, 0.3) is 0 Å². The summed E-state index contributed by atoms with van der Waals surface area (Å²) in [5.41, 5.74) is 0.0231. The molecule has 1 saturated carbocycles. The zero-order valence-corrected chi connectivity index (χ0v) is 12.0. The number of amides is 1. The Bertz CT molecular complexity index is 358. The van der Waals surface area contributed by atoms with Crippen LogP contribution in [0.2, 0.25) is 0 Å². The lowest BCUT2D eigenvalue weighted by atomic mass is 9.90. The van der Waals surface area contributed by atoms with Gasteiger partial charge in [-0.25, -0.2) is 0 Å². The standard InChI is InChI=1S/C15H25NO3/c1-3-4-5-11(2)13(17)16-8-6-15(7-9-16)10-12(15)14(18)19/h11-12H,3-10H2,1-2H3,(H,18,19). The van der Waals surface area contributed by atoms with Gasteiger partial charge < -0.3 is 10.0 Å². The Hall–Kier alpha value is -1.06. The highest BCUT2D eigenvalue weighted by Crippen LogP contribution is 2.59. The van der Waals surface area contributed by atoms with E-state index in [1.807, 2.05) is 11.8 Å². The zero-order valence-electron chi connectivity index (χ0n) is 12.0. The van der Waals surface area contributed by atoms with Gasteiger partial charge in [0.15, 0.2) is 0 Å².